The van der Waals surface area contributed by atoms with E-state index >= 15 is 0 Å². The standard InChI is InChI=1S/C7H4N2O6.C7H6O2.Na.H/c10-7(11)4-2-1-3-5(8(12)13)6(4)9(14)15;8-7(9)6-4-2-1-3-5-6;;/h1-3H,(H,10,11);1-5H,(H,8,9);;. The second kappa shape index (κ2) is 10.1. The molecule has 2 aromatic carbocycles. The number of carboxylic acid groups (broad SMARTS) is 2. The Morgan fingerprint density at radius 1 is 0.800 bits per heavy atom. The van der Waals surface area contributed by atoms with Crippen LogP contribution in [0.15, 0.2) is 48.5 Å². The fourth-order valence-corrected chi connectivity index (χ4v) is 1.62. The average Bonchev–Trinajstić information content (AvgIpc) is 2.55. The molecule has 25 heavy (non-hydrogen) atoms. The zero-order chi connectivity index (χ0) is 18.3. The van der Waals surface area contributed by atoms with E-state index in [0.29, 0.717) is 5.56 Å². The van der Waals surface area contributed by atoms with Crippen molar-refractivity contribution < 1.29 is 29.6 Å². The summed E-state index contributed by atoms with van der Waals surface area (Å²) in [6.07, 6.45) is 0. The fourth-order valence-electron chi connectivity index (χ4n) is 1.62. The molecule has 0 aromatic heterocycles. The van der Waals surface area contributed by atoms with Gasteiger partial charge in [-0.15, -0.1) is 0 Å². The van der Waals surface area contributed by atoms with Gasteiger partial charge in [0, 0.05) is 6.07 Å². The number of para-hydroxylation sites is 1. The van der Waals surface area contributed by atoms with Gasteiger partial charge in [0.1, 0.15) is 5.56 Å². The summed E-state index contributed by atoms with van der Waals surface area (Å²) >= 11 is 0. The predicted molar refractivity (Wildman–Crippen MR) is 87.3 cm³/mol. The van der Waals surface area contributed by atoms with Crippen LogP contribution in [0.1, 0.15) is 20.7 Å². The van der Waals surface area contributed by atoms with E-state index in [0.717, 1.165) is 18.2 Å². The van der Waals surface area contributed by atoms with Crippen LogP contribution in [0.2, 0.25) is 0 Å². The first-order valence-corrected chi connectivity index (χ1v) is 6.19. The molecule has 0 atom stereocenters. The molecule has 0 amide bonds. The fraction of sp³-hybridized carbons (Fsp3) is 0. The Hall–Kier alpha value is -2.82. The Bertz CT molecular complexity index is 762. The van der Waals surface area contributed by atoms with Gasteiger partial charge in [0.15, 0.2) is 0 Å². The molecular weight excluding hydrogens is 347 g/mol. The third-order valence-corrected chi connectivity index (χ3v) is 2.65. The molecule has 0 aliphatic heterocycles. The van der Waals surface area contributed by atoms with Crippen LogP contribution in [-0.4, -0.2) is 61.6 Å². The topological polar surface area (TPSA) is 161 Å². The van der Waals surface area contributed by atoms with E-state index < -0.39 is 38.7 Å². The van der Waals surface area contributed by atoms with Crippen molar-refractivity contribution in [2.45, 2.75) is 0 Å². The zero-order valence-corrected chi connectivity index (χ0v) is 11.9. The first-order valence-electron chi connectivity index (χ1n) is 6.19. The molecular formula is C14H11N2NaO8. The molecule has 0 spiro atoms. The van der Waals surface area contributed by atoms with E-state index in [9.17, 15) is 29.8 Å². The first-order chi connectivity index (χ1) is 11.3. The normalized spacial score (nSPS) is 8.96. The second-order valence-electron chi connectivity index (χ2n) is 4.16. The van der Waals surface area contributed by atoms with Gasteiger partial charge in [0.2, 0.25) is 0 Å². The Morgan fingerprint density at radius 3 is 1.72 bits per heavy atom. The number of rotatable bonds is 4. The number of nitro benzene ring substituents is 2. The van der Waals surface area contributed by atoms with Gasteiger partial charge >= 0.3 is 52.9 Å². The monoisotopic (exact) mass is 358 g/mol. The Kier molecular flexibility index (Phi) is 8.99. The van der Waals surface area contributed by atoms with Crippen molar-refractivity contribution in [3.05, 3.63) is 79.9 Å². The molecule has 0 unspecified atom stereocenters. The Labute approximate surface area is 162 Å². The van der Waals surface area contributed by atoms with Crippen LogP contribution >= 0.6 is 0 Å². The molecule has 10 nitrogen and oxygen atoms in total. The minimum atomic E-state index is -1.58. The van der Waals surface area contributed by atoms with E-state index in [1.165, 1.54) is 0 Å². The van der Waals surface area contributed by atoms with Gasteiger partial charge in [-0.25, -0.2) is 9.59 Å². The van der Waals surface area contributed by atoms with Gasteiger partial charge in [-0.3, -0.25) is 20.2 Å². The summed E-state index contributed by atoms with van der Waals surface area (Å²) in [7, 11) is 0. The maximum atomic E-state index is 10.6. The van der Waals surface area contributed by atoms with Crippen LogP contribution in [0.25, 0.3) is 0 Å². The molecule has 0 fully saturated rings. The molecule has 0 saturated carbocycles. The molecule has 2 aromatic rings. The van der Waals surface area contributed by atoms with E-state index in [-0.39, 0.29) is 29.6 Å². The van der Waals surface area contributed by atoms with Gasteiger partial charge in [-0.05, 0) is 18.2 Å². The van der Waals surface area contributed by atoms with Crippen molar-refractivity contribution in [2.75, 3.05) is 0 Å². The van der Waals surface area contributed by atoms with Crippen molar-refractivity contribution in [2.24, 2.45) is 0 Å². The summed E-state index contributed by atoms with van der Waals surface area (Å²) in [5.74, 6) is -2.46. The average molecular weight is 358 g/mol. The molecule has 126 valence electrons. The van der Waals surface area contributed by atoms with Crippen molar-refractivity contribution >= 4 is 52.9 Å². The van der Waals surface area contributed by atoms with Gasteiger partial charge < -0.3 is 10.2 Å². The molecule has 0 aliphatic rings. The quantitative estimate of drug-likeness (QED) is 0.476. The summed E-state index contributed by atoms with van der Waals surface area (Å²) in [5.41, 5.74) is -2.21. The van der Waals surface area contributed by atoms with Crippen LogP contribution in [-0.2, 0) is 0 Å². The first kappa shape index (κ1) is 22.2. The van der Waals surface area contributed by atoms with E-state index in [4.69, 9.17) is 10.2 Å². The molecule has 0 saturated heterocycles. The van der Waals surface area contributed by atoms with Crippen LogP contribution in [0.5, 0.6) is 0 Å². The summed E-state index contributed by atoms with van der Waals surface area (Å²) in [5, 5.41) is 37.9. The number of nitrogens with zero attached hydrogens (tertiary/aromatic N) is 2. The maximum absolute atomic E-state index is 10.6. The summed E-state index contributed by atoms with van der Waals surface area (Å²) in [6, 6.07) is 11.2. The van der Waals surface area contributed by atoms with Crippen LogP contribution < -0.4 is 0 Å². The summed E-state index contributed by atoms with van der Waals surface area (Å²) < 4.78 is 0. The van der Waals surface area contributed by atoms with Gasteiger partial charge in [0.05, 0.1) is 15.4 Å². The van der Waals surface area contributed by atoms with Gasteiger partial charge in [-0.2, -0.15) is 0 Å². The predicted octanol–water partition coefficient (Wildman–Crippen LogP) is 1.94. The zero-order valence-electron chi connectivity index (χ0n) is 11.9. The number of hydrogen-bond acceptors (Lipinski definition) is 6. The van der Waals surface area contributed by atoms with Crippen molar-refractivity contribution in [1.29, 1.82) is 0 Å². The van der Waals surface area contributed by atoms with Crippen LogP contribution in [0, 0.1) is 20.2 Å². The van der Waals surface area contributed by atoms with Crippen molar-refractivity contribution in [3.63, 3.8) is 0 Å². The third-order valence-electron chi connectivity index (χ3n) is 2.65. The number of benzene rings is 2. The number of aromatic carboxylic acids is 2. The van der Waals surface area contributed by atoms with Gasteiger partial charge in [-0.1, -0.05) is 24.3 Å². The summed E-state index contributed by atoms with van der Waals surface area (Å²) in [6.45, 7) is 0. The van der Waals surface area contributed by atoms with E-state index in [1.807, 2.05) is 0 Å². The van der Waals surface area contributed by atoms with Gasteiger partial charge in [0.25, 0.3) is 0 Å². The van der Waals surface area contributed by atoms with Crippen LogP contribution in [0.3, 0.4) is 0 Å². The van der Waals surface area contributed by atoms with Crippen molar-refractivity contribution in [1.82, 2.24) is 0 Å². The number of carbonyl (C=O) groups is 2. The summed E-state index contributed by atoms with van der Waals surface area (Å²) in [4.78, 5) is 39.6. The van der Waals surface area contributed by atoms with Crippen LogP contribution in [0.4, 0.5) is 11.4 Å². The molecule has 0 heterocycles. The van der Waals surface area contributed by atoms with Crippen molar-refractivity contribution in [3.8, 4) is 0 Å². The molecule has 0 bridgehead atoms. The Morgan fingerprint density at radius 2 is 1.36 bits per heavy atom. The van der Waals surface area contributed by atoms with E-state index in [2.05, 4.69) is 0 Å². The number of hydrogen-bond donors (Lipinski definition) is 2. The molecule has 0 aliphatic carbocycles. The number of nitro groups is 2. The van der Waals surface area contributed by atoms with E-state index in [1.54, 1.807) is 30.3 Å². The molecule has 11 heteroatoms. The Balaban J connectivity index is 0.000000495. The molecule has 2 rings (SSSR count). The third kappa shape index (κ3) is 6.30. The SMILES string of the molecule is O=C(O)c1cccc([N+](=O)[O-])c1[N+](=O)[O-].O=C(O)c1ccccc1.[NaH]. The molecule has 2 N–H and O–H groups in total. The molecule has 0 radical (unpaired) electrons. The number of carboxylic acids is 2. The minimum absolute atomic E-state index is 0. The second-order valence-corrected chi connectivity index (χ2v) is 4.16.